The molecule has 0 heterocycles. The zero-order valence-electron chi connectivity index (χ0n) is 19.5. The number of ether oxygens (including phenoxy) is 2. The highest BCUT2D eigenvalue weighted by Gasteiger charge is 2.13. The number of anilines is 1. The molecule has 0 saturated heterocycles. The van der Waals surface area contributed by atoms with Crippen molar-refractivity contribution in [2.45, 2.75) is 40.7 Å². The maximum absolute atomic E-state index is 12.3. The lowest BCUT2D eigenvalue weighted by Crippen LogP contribution is -2.41. The van der Waals surface area contributed by atoms with Crippen molar-refractivity contribution in [3.05, 3.63) is 53.1 Å². The zero-order valence-corrected chi connectivity index (χ0v) is 19.5. The number of hydrogen-bond donors (Lipinski definition) is 3. The Morgan fingerprint density at radius 2 is 1.76 bits per heavy atom. The number of amides is 3. The fourth-order valence-electron chi connectivity index (χ4n) is 2.82. The van der Waals surface area contributed by atoms with E-state index in [0.29, 0.717) is 23.7 Å². The number of aryl methyl sites for hydroxylation is 2. The molecule has 2 rings (SSSR count). The Morgan fingerprint density at radius 3 is 2.42 bits per heavy atom. The van der Waals surface area contributed by atoms with E-state index in [1.807, 2.05) is 39.0 Å². The van der Waals surface area contributed by atoms with E-state index in [2.05, 4.69) is 21.2 Å². The van der Waals surface area contributed by atoms with Crippen molar-refractivity contribution in [3.8, 4) is 11.5 Å². The maximum Gasteiger partial charge on any atom is 0.329 e. The molecule has 2 aromatic carbocycles. The quantitative estimate of drug-likeness (QED) is 0.306. The van der Waals surface area contributed by atoms with E-state index in [4.69, 9.17) is 9.47 Å². The Balaban J connectivity index is 1.98. The molecule has 9 nitrogen and oxygen atoms in total. The fraction of sp³-hybridized carbons (Fsp3) is 0.333. The SMILES string of the molecule is CCOc1cc(/C=N\NC(=O)C(=O)NC(C)C)ccc1OCC(=O)Nc1ccc(C)cc1C. The van der Waals surface area contributed by atoms with Gasteiger partial charge in [0.25, 0.3) is 5.91 Å². The Morgan fingerprint density at radius 1 is 1.00 bits per heavy atom. The normalized spacial score (nSPS) is 10.7. The predicted molar refractivity (Wildman–Crippen MR) is 127 cm³/mol. The zero-order chi connectivity index (χ0) is 24.4. The van der Waals surface area contributed by atoms with Crippen molar-refractivity contribution in [3.63, 3.8) is 0 Å². The van der Waals surface area contributed by atoms with Crippen LogP contribution in [-0.2, 0) is 14.4 Å². The van der Waals surface area contributed by atoms with Gasteiger partial charge in [-0.05, 0) is 70.0 Å². The molecule has 0 atom stereocenters. The van der Waals surface area contributed by atoms with Crippen LogP contribution in [0.25, 0.3) is 0 Å². The largest absolute Gasteiger partial charge is 0.490 e. The molecule has 3 N–H and O–H groups in total. The first kappa shape index (κ1) is 25.4. The number of hydrogen-bond acceptors (Lipinski definition) is 6. The molecular weight excluding hydrogens is 424 g/mol. The molecule has 0 fully saturated rings. The molecule has 0 aliphatic rings. The minimum atomic E-state index is -0.861. The molecule has 0 aliphatic heterocycles. The van der Waals surface area contributed by atoms with Crippen molar-refractivity contribution in [2.24, 2.45) is 5.10 Å². The van der Waals surface area contributed by atoms with Gasteiger partial charge in [-0.2, -0.15) is 5.10 Å². The van der Waals surface area contributed by atoms with Crippen LogP contribution in [-0.4, -0.2) is 43.2 Å². The summed E-state index contributed by atoms with van der Waals surface area (Å²) in [5, 5.41) is 9.10. The topological polar surface area (TPSA) is 118 Å². The fourth-order valence-corrected chi connectivity index (χ4v) is 2.82. The Bertz CT molecular complexity index is 1030. The highest BCUT2D eigenvalue weighted by molar-refractivity contribution is 6.35. The third kappa shape index (κ3) is 8.29. The first-order valence-electron chi connectivity index (χ1n) is 10.6. The molecule has 3 amide bonds. The maximum atomic E-state index is 12.3. The van der Waals surface area contributed by atoms with Crippen LogP contribution in [0.1, 0.15) is 37.5 Å². The molecule has 0 radical (unpaired) electrons. The van der Waals surface area contributed by atoms with Gasteiger partial charge >= 0.3 is 11.8 Å². The molecular formula is C24H30N4O5. The summed E-state index contributed by atoms with van der Waals surface area (Å²) < 4.78 is 11.2. The Labute approximate surface area is 193 Å². The molecule has 9 heteroatoms. The Kier molecular flexibility index (Phi) is 9.41. The second-order valence-corrected chi connectivity index (χ2v) is 7.62. The molecule has 2 aromatic rings. The molecule has 0 aliphatic carbocycles. The number of carbonyl (C=O) groups excluding carboxylic acids is 3. The van der Waals surface area contributed by atoms with Crippen LogP contribution in [0.5, 0.6) is 11.5 Å². The van der Waals surface area contributed by atoms with Gasteiger partial charge in [0.05, 0.1) is 12.8 Å². The summed E-state index contributed by atoms with van der Waals surface area (Å²) in [5.41, 5.74) is 5.59. The van der Waals surface area contributed by atoms with Crippen LogP contribution in [0, 0.1) is 13.8 Å². The van der Waals surface area contributed by atoms with Crippen molar-refractivity contribution in [1.29, 1.82) is 0 Å². The van der Waals surface area contributed by atoms with Gasteiger partial charge in [0.15, 0.2) is 18.1 Å². The van der Waals surface area contributed by atoms with E-state index >= 15 is 0 Å². The van der Waals surface area contributed by atoms with Gasteiger partial charge in [-0.1, -0.05) is 17.7 Å². The van der Waals surface area contributed by atoms with Gasteiger partial charge in [0.2, 0.25) is 0 Å². The van der Waals surface area contributed by atoms with E-state index in [-0.39, 0.29) is 18.6 Å². The standard InChI is InChI=1S/C24H30N4O5/c1-6-32-21-12-18(13-25-28-24(31)23(30)26-15(2)3)8-10-20(21)33-14-22(29)27-19-9-7-16(4)11-17(19)5/h7-13,15H,6,14H2,1-5H3,(H,26,30)(H,27,29)(H,28,31)/b25-13-. The molecule has 176 valence electrons. The second-order valence-electron chi connectivity index (χ2n) is 7.62. The van der Waals surface area contributed by atoms with Crippen LogP contribution in [0.3, 0.4) is 0 Å². The molecule has 0 saturated carbocycles. The van der Waals surface area contributed by atoms with Gasteiger partial charge in [0.1, 0.15) is 0 Å². The molecule has 33 heavy (non-hydrogen) atoms. The van der Waals surface area contributed by atoms with Crippen molar-refractivity contribution >= 4 is 29.6 Å². The van der Waals surface area contributed by atoms with Crippen LogP contribution < -0.4 is 25.5 Å². The van der Waals surface area contributed by atoms with Gasteiger partial charge < -0.3 is 20.1 Å². The number of rotatable bonds is 9. The van der Waals surface area contributed by atoms with Crippen LogP contribution in [0.4, 0.5) is 5.69 Å². The van der Waals surface area contributed by atoms with Crippen molar-refractivity contribution < 1.29 is 23.9 Å². The second kappa shape index (κ2) is 12.2. The third-order valence-electron chi connectivity index (χ3n) is 4.29. The minimum Gasteiger partial charge on any atom is -0.490 e. The summed E-state index contributed by atoms with van der Waals surface area (Å²) in [6, 6.07) is 10.6. The van der Waals surface area contributed by atoms with Gasteiger partial charge in [-0.25, -0.2) is 5.43 Å². The van der Waals surface area contributed by atoms with Gasteiger partial charge in [0, 0.05) is 11.7 Å². The lowest BCUT2D eigenvalue weighted by atomic mass is 10.1. The minimum absolute atomic E-state index is 0.156. The third-order valence-corrected chi connectivity index (χ3v) is 4.29. The summed E-state index contributed by atoms with van der Waals surface area (Å²) in [7, 11) is 0. The monoisotopic (exact) mass is 454 g/mol. The van der Waals surface area contributed by atoms with E-state index in [9.17, 15) is 14.4 Å². The first-order chi connectivity index (χ1) is 15.7. The number of hydrazone groups is 1. The highest BCUT2D eigenvalue weighted by atomic mass is 16.5. The molecule has 0 aromatic heterocycles. The number of nitrogens with zero attached hydrogens (tertiary/aromatic N) is 1. The molecule has 0 unspecified atom stereocenters. The lowest BCUT2D eigenvalue weighted by Gasteiger charge is -2.13. The number of benzene rings is 2. The highest BCUT2D eigenvalue weighted by Crippen LogP contribution is 2.28. The average molecular weight is 455 g/mol. The number of carbonyl (C=O) groups is 3. The van der Waals surface area contributed by atoms with Gasteiger partial charge in [-0.3, -0.25) is 14.4 Å². The van der Waals surface area contributed by atoms with Crippen LogP contribution >= 0.6 is 0 Å². The first-order valence-corrected chi connectivity index (χ1v) is 10.6. The summed E-state index contributed by atoms with van der Waals surface area (Å²) in [5.74, 6) is -1.10. The Hall–Kier alpha value is -3.88. The summed E-state index contributed by atoms with van der Waals surface area (Å²) >= 11 is 0. The molecule has 0 spiro atoms. The average Bonchev–Trinajstić information content (AvgIpc) is 2.75. The smallest absolute Gasteiger partial charge is 0.329 e. The van der Waals surface area contributed by atoms with Gasteiger partial charge in [-0.15, -0.1) is 0 Å². The van der Waals surface area contributed by atoms with Crippen LogP contribution in [0.2, 0.25) is 0 Å². The van der Waals surface area contributed by atoms with Crippen molar-refractivity contribution in [1.82, 2.24) is 10.7 Å². The van der Waals surface area contributed by atoms with Crippen molar-refractivity contribution in [2.75, 3.05) is 18.5 Å². The van der Waals surface area contributed by atoms with E-state index in [0.717, 1.165) is 16.8 Å². The molecule has 0 bridgehead atoms. The predicted octanol–water partition coefficient (Wildman–Crippen LogP) is 2.69. The van der Waals surface area contributed by atoms with E-state index < -0.39 is 11.8 Å². The summed E-state index contributed by atoms with van der Waals surface area (Å²) in [6.45, 7) is 9.44. The summed E-state index contributed by atoms with van der Waals surface area (Å²) in [6.07, 6.45) is 1.37. The number of nitrogens with one attached hydrogen (secondary N) is 3. The lowest BCUT2D eigenvalue weighted by molar-refractivity contribution is -0.139. The van der Waals surface area contributed by atoms with E-state index in [1.54, 1.807) is 32.0 Å². The van der Waals surface area contributed by atoms with Crippen LogP contribution in [0.15, 0.2) is 41.5 Å². The summed E-state index contributed by atoms with van der Waals surface area (Å²) in [4.78, 5) is 35.6. The van der Waals surface area contributed by atoms with E-state index in [1.165, 1.54) is 6.21 Å².